The van der Waals surface area contributed by atoms with Crippen LogP contribution in [0.4, 0.5) is 10.5 Å². The lowest BCUT2D eigenvalue weighted by molar-refractivity contribution is 0.168. The zero-order valence-corrected chi connectivity index (χ0v) is 9.86. The van der Waals surface area contributed by atoms with Gasteiger partial charge in [-0.3, -0.25) is 5.32 Å². The van der Waals surface area contributed by atoms with Crippen LogP contribution in [0.1, 0.15) is 0 Å². The summed E-state index contributed by atoms with van der Waals surface area (Å²) in [5, 5.41) is 3.31. The Morgan fingerprint density at radius 1 is 1.40 bits per heavy atom. The zero-order chi connectivity index (χ0) is 11.3. The van der Waals surface area contributed by atoms with E-state index in [-0.39, 0.29) is 12.5 Å². The van der Waals surface area contributed by atoms with Crippen LogP contribution in [0, 0.1) is 0 Å². The van der Waals surface area contributed by atoms with Crippen LogP contribution in [-0.2, 0) is 4.74 Å². The molecule has 1 amide bonds. The Kier molecular flexibility index (Phi) is 5.02. The third-order valence-corrected chi connectivity index (χ3v) is 2.18. The minimum atomic E-state index is -0.597. The third-order valence-electron chi connectivity index (χ3n) is 1.48. The lowest BCUT2D eigenvalue weighted by Crippen LogP contribution is -2.15. The molecule has 0 aromatic heterocycles. The van der Waals surface area contributed by atoms with Crippen LogP contribution in [0.25, 0.3) is 0 Å². The number of alkyl halides is 1. The first kappa shape index (κ1) is 12.4. The molecule has 1 N–H and O–H groups in total. The molecule has 0 saturated carbocycles. The van der Waals surface area contributed by atoms with Crippen molar-refractivity contribution in [1.29, 1.82) is 0 Å². The average molecular weight is 269 g/mol. The maximum absolute atomic E-state index is 11.1. The Bertz CT molecular complexity index is 357. The first-order valence-electron chi connectivity index (χ1n) is 4.08. The molecule has 0 radical (unpaired) electrons. The summed E-state index contributed by atoms with van der Waals surface area (Å²) in [5.41, 5.74) is 0.445. The maximum atomic E-state index is 11.1. The Balaban J connectivity index is 2.60. The van der Waals surface area contributed by atoms with Crippen molar-refractivity contribution in [2.45, 2.75) is 0 Å². The highest BCUT2D eigenvalue weighted by atomic mass is 35.5. The fraction of sp³-hybridized carbons (Fsp3) is 0.222. The highest BCUT2D eigenvalue weighted by Gasteiger charge is 2.06. The van der Waals surface area contributed by atoms with Gasteiger partial charge < -0.3 is 4.74 Å². The van der Waals surface area contributed by atoms with E-state index < -0.39 is 6.09 Å². The molecular formula is C9H8Cl3NO2. The summed E-state index contributed by atoms with van der Waals surface area (Å²) in [6.07, 6.45) is -0.597. The number of nitrogens with one attached hydrogen (secondary N) is 1. The summed E-state index contributed by atoms with van der Waals surface area (Å²) in [5.74, 6) is 0.252. The molecular weight excluding hydrogens is 260 g/mol. The van der Waals surface area contributed by atoms with Crippen molar-refractivity contribution in [3.8, 4) is 0 Å². The van der Waals surface area contributed by atoms with Gasteiger partial charge in [0.15, 0.2) is 0 Å². The molecule has 0 aliphatic carbocycles. The Labute approximate surface area is 102 Å². The standard InChI is InChI=1S/C9H8Cl3NO2/c10-3-4-15-9(14)13-8-2-1-6(11)5-7(8)12/h1-2,5H,3-4H2,(H,13,14). The summed E-state index contributed by atoms with van der Waals surface area (Å²) in [7, 11) is 0. The van der Waals surface area contributed by atoms with Crippen molar-refractivity contribution in [2.75, 3.05) is 17.8 Å². The summed E-state index contributed by atoms with van der Waals surface area (Å²) in [4.78, 5) is 11.1. The van der Waals surface area contributed by atoms with Crippen LogP contribution in [0.15, 0.2) is 18.2 Å². The van der Waals surface area contributed by atoms with Crippen molar-refractivity contribution in [2.24, 2.45) is 0 Å². The second-order valence-corrected chi connectivity index (χ2v) is 3.80. The lowest BCUT2D eigenvalue weighted by Gasteiger charge is -2.07. The van der Waals surface area contributed by atoms with Crippen LogP contribution in [0.3, 0.4) is 0 Å². The summed E-state index contributed by atoms with van der Waals surface area (Å²) < 4.78 is 4.71. The van der Waals surface area contributed by atoms with Gasteiger partial charge in [0.05, 0.1) is 16.6 Å². The summed E-state index contributed by atoms with van der Waals surface area (Å²) in [6.45, 7) is 0.151. The minimum Gasteiger partial charge on any atom is -0.448 e. The van der Waals surface area contributed by atoms with Gasteiger partial charge in [-0.1, -0.05) is 23.2 Å². The van der Waals surface area contributed by atoms with E-state index in [1.807, 2.05) is 0 Å². The molecule has 0 atom stereocenters. The first-order valence-corrected chi connectivity index (χ1v) is 5.37. The predicted molar refractivity (Wildman–Crippen MR) is 62.2 cm³/mol. The van der Waals surface area contributed by atoms with Crippen molar-refractivity contribution < 1.29 is 9.53 Å². The number of hydrogen-bond donors (Lipinski definition) is 1. The van der Waals surface area contributed by atoms with E-state index in [2.05, 4.69) is 5.32 Å². The van der Waals surface area contributed by atoms with E-state index in [1.165, 1.54) is 6.07 Å². The van der Waals surface area contributed by atoms with E-state index >= 15 is 0 Å². The molecule has 0 fully saturated rings. The molecule has 1 aromatic carbocycles. The van der Waals surface area contributed by atoms with E-state index in [0.717, 1.165) is 0 Å². The van der Waals surface area contributed by atoms with Gasteiger partial charge in [0, 0.05) is 5.02 Å². The predicted octanol–water partition coefficient (Wildman–Crippen LogP) is 3.78. The Morgan fingerprint density at radius 2 is 2.13 bits per heavy atom. The molecule has 1 rings (SSSR count). The van der Waals surface area contributed by atoms with E-state index in [4.69, 9.17) is 39.5 Å². The normalized spacial score (nSPS) is 9.80. The smallest absolute Gasteiger partial charge is 0.411 e. The van der Waals surface area contributed by atoms with E-state index in [0.29, 0.717) is 15.7 Å². The van der Waals surface area contributed by atoms with Gasteiger partial charge in [0.2, 0.25) is 0 Å². The van der Waals surface area contributed by atoms with Gasteiger partial charge in [-0.15, -0.1) is 11.6 Å². The highest BCUT2D eigenvalue weighted by Crippen LogP contribution is 2.25. The van der Waals surface area contributed by atoms with Crippen LogP contribution < -0.4 is 5.32 Å². The second-order valence-electron chi connectivity index (χ2n) is 2.57. The molecule has 15 heavy (non-hydrogen) atoms. The lowest BCUT2D eigenvalue weighted by atomic mass is 10.3. The van der Waals surface area contributed by atoms with Gasteiger partial charge in [-0.25, -0.2) is 4.79 Å². The van der Waals surface area contributed by atoms with Crippen molar-refractivity contribution in [1.82, 2.24) is 0 Å². The van der Waals surface area contributed by atoms with E-state index in [1.54, 1.807) is 12.1 Å². The van der Waals surface area contributed by atoms with Crippen molar-refractivity contribution >= 4 is 46.6 Å². The number of carbonyl (C=O) groups is 1. The minimum absolute atomic E-state index is 0.151. The quantitative estimate of drug-likeness (QED) is 0.847. The van der Waals surface area contributed by atoms with Crippen molar-refractivity contribution in [3.05, 3.63) is 28.2 Å². The molecule has 6 heteroatoms. The van der Waals surface area contributed by atoms with Crippen LogP contribution in [-0.4, -0.2) is 18.6 Å². The molecule has 0 heterocycles. The average Bonchev–Trinajstić information content (AvgIpc) is 2.19. The maximum Gasteiger partial charge on any atom is 0.411 e. The zero-order valence-electron chi connectivity index (χ0n) is 7.60. The van der Waals surface area contributed by atoms with Crippen LogP contribution >= 0.6 is 34.8 Å². The van der Waals surface area contributed by atoms with Gasteiger partial charge in [-0.05, 0) is 18.2 Å². The highest BCUT2D eigenvalue weighted by molar-refractivity contribution is 6.36. The number of carbonyl (C=O) groups excluding carboxylic acids is 1. The molecule has 0 aliphatic rings. The molecule has 0 aliphatic heterocycles. The third kappa shape index (κ3) is 4.16. The summed E-state index contributed by atoms with van der Waals surface area (Å²) >= 11 is 16.9. The van der Waals surface area contributed by atoms with Gasteiger partial charge in [0.25, 0.3) is 0 Å². The second kappa shape index (κ2) is 6.05. The van der Waals surface area contributed by atoms with Crippen LogP contribution in [0.2, 0.25) is 10.0 Å². The molecule has 82 valence electrons. The van der Waals surface area contributed by atoms with Crippen LogP contribution in [0.5, 0.6) is 0 Å². The number of rotatable bonds is 3. The first-order chi connectivity index (χ1) is 7.13. The number of ether oxygens (including phenoxy) is 1. The molecule has 0 bridgehead atoms. The van der Waals surface area contributed by atoms with E-state index in [9.17, 15) is 4.79 Å². The largest absolute Gasteiger partial charge is 0.448 e. The topological polar surface area (TPSA) is 38.3 Å². The Morgan fingerprint density at radius 3 is 2.73 bits per heavy atom. The number of benzene rings is 1. The molecule has 3 nitrogen and oxygen atoms in total. The molecule has 0 spiro atoms. The number of amides is 1. The van der Waals surface area contributed by atoms with Crippen molar-refractivity contribution in [3.63, 3.8) is 0 Å². The number of hydrogen-bond acceptors (Lipinski definition) is 2. The van der Waals surface area contributed by atoms with Gasteiger partial charge in [-0.2, -0.15) is 0 Å². The molecule has 1 aromatic rings. The van der Waals surface area contributed by atoms with Gasteiger partial charge in [0.1, 0.15) is 6.61 Å². The fourth-order valence-electron chi connectivity index (χ4n) is 0.868. The number of anilines is 1. The molecule has 0 saturated heterocycles. The monoisotopic (exact) mass is 267 g/mol. The number of halogens is 3. The fourth-order valence-corrected chi connectivity index (χ4v) is 1.40. The summed E-state index contributed by atoms with van der Waals surface area (Å²) in [6, 6.07) is 4.73. The molecule has 0 unspecified atom stereocenters. The van der Waals surface area contributed by atoms with Gasteiger partial charge >= 0.3 is 6.09 Å². The SMILES string of the molecule is O=C(Nc1ccc(Cl)cc1Cl)OCCCl. The Hall–Kier alpha value is -0.640.